The van der Waals surface area contributed by atoms with Crippen molar-refractivity contribution in [3.05, 3.63) is 22.4 Å². The van der Waals surface area contributed by atoms with E-state index in [-0.39, 0.29) is 16.7 Å². The monoisotopic (exact) mass is 265 g/mol. The number of rotatable bonds is 3. The molecule has 2 rings (SSSR count). The third kappa shape index (κ3) is 2.77. The molecule has 1 heterocycles. The van der Waals surface area contributed by atoms with Gasteiger partial charge in [0, 0.05) is 22.3 Å². The molecule has 0 unspecified atom stereocenters. The van der Waals surface area contributed by atoms with E-state index < -0.39 is 0 Å². The van der Waals surface area contributed by atoms with Gasteiger partial charge in [-0.25, -0.2) is 0 Å². The molecule has 0 spiro atoms. The second kappa shape index (κ2) is 5.04. The van der Waals surface area contributed by atoms with Crippen molar-refractivity contribution in [1.82, 2.24) is 5.32 Å². The minimum absolute atomic E-state index is 0.158. The molecule has 1 aliphatic carbocycles. The molecular weight excluding hydrogens is 242 g/mol. The van der Waals surface area contributed by atoms with E-state index in [1.165, 1.54) is 30.6 Å². The Morgan fingerprint density at radius 2 is 2.06 bits per heavy atom. The van der Waals surface area contributed by atoms with Gasteiger partial charge in [-0.1, -0.05) is 39.7 Å². The molecule has 0 radical (unpaired) electrons. The maximum Gasteiger partial charge on any atom is 0.225 e. The van der Waals surface area contributed by atoms with Gasteiger partial charge in [0.1, 0.15) is 0 Å². The lowest BCUT2D eigenvalue weighted by molar-refractivity contribution is -0.128. The topological polar surface area (TPSA) is 29.1 Å². The average molecular weight is 265 g/mol. The van der Waals surface area contributed by atoms with Crippen LogP contribution in [0.3, 0.4) is 0 Å². The number of thiophene rings is 1. The van der Waals surface area contributed by atoms with Gasteiger partial charge < -0.3 is 5.32 Å². The molecule has 18 heavy (non-hydrogen) atoms. The Morgan fingerprint density at radius 1 is 1.39 bits per heavy atom. The van der Waals surface area contributed by atoms with Gasteiger partial charge in [0.25, 0.3) is 0 Å². The zero-order valence-corrected chi connectivity index (χ0v) is 12.4. The van der Waals surface area contributed by atoms with Crippen LogP contribution in [0.25, 0.3) is 0 Å². The number of carbonyl (C=O) groups is 1. The Labute approximate surface area is 114 Å². The number of carbonyl (C=O) groups excluding carboxylic acids is 1. The van der Waals surface area contributed by atoms with E-state index in [4.69, 9.17) is 0 Å². The van der Waals surface area contributed by atoms with Gasteiger partial charge in [-0.05, 0) is 24.3 Å². The first-order chi connectivity index (χ1) is 8.44. The normalized spacial score (nSPS) is 18.8. The average Bonchev–Trinajstić information content (AvgIpc) is 2.95. The first-order valence-corrected chi connectivity index (χ1v) is 7.64. The van der Waals surface area contributed by atoms with Crippen molar-refractivity contribution in [3.63, 3.8) is 0 Å². The summed E-state index contributed by atoms with van der Waals surface area (Å²) in [6, 6.07) is 4.34. The fourth-order valence-electron chi connectivity index (χ4n) is 2.66. The zero-order valence-electron chi connectivity index (χ0n) is 11.6. The Hall–Kier alpha value is -0.830. The lowest BCUT2D eigenvalue weighted by atomic mass is 9.84. The van der Waals surface area contributed by atoms with E-state index in [9.17, 15) is 4.79 Å². The van der Waals surface area contributed by atoms with Crippen LogP contribution in [-0.2, 0) is 10.2 Å². The molecular formula is C15H23NOS. The number of nitrogens with one attached hydrogen (secondary N) is 1. The molecule has 1 N–H and O–H groups in total. The number of amides is 1. The summed E-state index contributed by atoms with van der Waals surface area (Å²) >= 11 is 1.83. The molecule has 2 nitrogen and oxygen atoms in total. The van der Waals surface area contributed by atoms with E-state index in [1.54, 1.807) is 0 Å². The Bertz CT molecular complexity index is 397. The predicted molar refractivity (Wildman–Crippen MR) is 76.9 cm³/mol. The maximum atomic E-state index is 12.0. The van der Waals surface area contributed by atoms with E-state index >= 15 is 0 Å². The van der Waals surface area contributed by atoms with Gasteiger partial charge in [0.2, 0.25) is 5.91 Å². The van der Waals surface area contributed by atoms with Crippen molar-refractivity contribution in [1.29, 1.82) is 0 Å². The van der Waals surface area contributed by atoms with E-state index in [0.717, 1.165) is 6.54 Å². The van der Waals surface area contributed by atoms with Crippen LogP contribution in [0.4, 0.5) is 0 Å². The minimum Gasteiger partial charge on any atom is -0.355 e. The van der Waals surface area contributed by atoms with E-state index in [1.807, 2.05) is 32.1 Å². The second-order valence-corrected chi connectivity index (χ2v) is 7.35. The fourth-order valence-corrected chi connectivity index (χ4v) is 3.64. The highest BCUT2D eigenvalue weighted by Gasteiger charge is 2.37. The summed E-state index contributed by atoms with van der Waals surface area (Å²) in [7, 11) is 0. The first kappa shape index (κ1) is 13.6. The molecule has 1 amide bonds. The van der Waals surface area contributed by atoms with E-state index in [2.05, 4.69) is 22.8 Å². The lowest BCUT2D eigenvalue weighted by Crippen LogP contribution is -2.43. The van der Waals surface area contributed by atoms with Crippen molar-refractivity contribution in [2.24, 2.45) is 5.41 Å². The molecule has 100 valence electrons. The molecule has 1 aromatic rings. The highest BCUT2D eigenvalue weighted by molar-refractivity contribution is 7.10. The van der Waals surface area contributed by atoms with Crippen LogP contribution in [0.2, 0.25) is 0 Å². The molecule has 1 saturated carbocycles. The molecule has 3 heteroatoms. The van der Waals surface area contributed by atoms with Gasteiger partial charge >= 0.3 is 0 Å². The van der Waals surface area contributed by atoms with Crippen LogP contribution in [0.1, 0.15) is 51.3 Å². The Morgan fingerprint density at radius 3 is 2.56 bits per heavy atom. The van der Waals surface area contributed by atoms with Crippen molar-refractivity contribution < 1.29 is 4.79 Å². The van der Waals surface area contributed by atoms with Crippen LogP contribution < -0.4 is 5.32 Å². The van der Waals surface area contributed by atoms with Crippen LogP contribution in [0.5, 0.6) is 0 Å². The quantitative estimate of drug-likeness (QED) is 0.886. The first-order valence-electron chi connectivity index (χ1n) is 6.76. The number of hydrogen-bond donors (Lipinski definition) is 1. The largest absolute Gasteiger partial charge is 0.355 e. The van der Waals surface area contributed by atoms with Gasteiger partial charge in [-0.3, -0.25) is 4.79 Å². The fraction of sp³-hybridized carbons (Fsp3) is 0.667. The summed E-state index contributed by atoms with van der Waals surface area (Å²) in [6.45, 7) is 6.70. The minimum atomic E-state index is -0.296. The van der Waals surface area contributed by atoms with Gasteiger partial charge in [-0.2, -0.15) is 0 Å². The van der Waals surface area contributed by atoms with Crippen molar-refractivity contribution in [3.8, 4) is 0 Å². The molecule has 0 aromatic carbocycles. The molecule has 1 aromatic heterocycles. The zero-order chi connectivity index (χ0) is 13.2. The summed E-state index contributed by atoms with van der Waals surface area (Å²) in [4.78, 5) is 13.5. The van der Waals surface area contributed by atoms with Crippen LogP contribution >= 0.6 is 11.3 Å². The molecule has 1 fully saturated rings. The SMILES string of the molecule is CC(C)(C)C(=O)NCC1(c2cccs2)CCCC1. The molecule has 1 aliphatic rings. The maximum absolute atomic E-state index is 12.0. The molecule has 0 saturated heterocycles. The Kier molecular flexibility index (Phi) is 3.81. The summed E-state index contributed by atoms with van der Waals surface area (Å²) < 4.78 is 0. The summed E-state index contributed by atoms with van der Waals surface area (Å²) in [5.74, 6) is 0.158. The standard InChI is InChI=1S/C15H23NOS/c1-14(2,3)13(17)16-11-15(8-4-5-9-15)12-7-6-10-18-12/h6-7,10H,4-5,8-9,11H2,1-3H3,(H,16,17). The van der Waals surface area contributed by atoms with Crippen molar-refractivity contribution in [2.75, 3.05) is 6.54 Å². The summed E-state index contributed by atoms with van der Waals surface area (Å²) in [5.41, 5.74) is -0.0929. The summed E-state index contributed by atoms with van der Waals surface area (Å²) in [6.07, 6.45) is 4.97. The highest BCUT2D eigenvalue weighted by atomic mass is 32.1. The third-order valence-electron chi connectivity index (χ3n) is 3.87. The highest BCUT2D eigenvalue weighted by Crippen LogP contribution is 2.42. The molecule has 0 atom stereocenters. The van der Waals surface area contributed by atoms with Crippen LogP contribution in [0.15, 0.2) is 17.5 Å². The number of hydrogen-bond acceptors (Lipinski definition) is 2. The Balaban J connectivity index is 2.07. The second-order valence-electron chi connectivity index (χ2n) is 6.40. The predicted octanol–water partition coefficient (Wildman–Crippen LogP) is 3.72. The van der Waals surface area contributed by atoms with E-state index in [0.29, 0.717) is 0 Å². The smallest absolute Gasteiger partial charge is 0.225 e. The van der Waals surface area contributed by atoms with Gasteiger partial charge in [0.05, 0.1) is 0 Å². The third-order valence-corrected chi connectivity index (χ3v) is 4.99. The van der Waals surface area contributed by atoms with Gasteiger partial charge in [-0.15, -0.1) is 11.3 Å². The molecule has 0 bridgehead atoms. The lowest BCUT2D eigenvalue weighted by Gasteiger charge is -2.30. The van der Waals surface area contributed by atoms with Crippen molar-refractivity contribution in [2.45, 2.75) is 51.9 Å². The van der Waals surface area contributed by atoms with Crippen LogP contribution in [0, 0.1) is 5.41 Å². The summed E-state index contributed by atoms with van der Waals surface area (Å²) in [5, 5.41) is 5.30. The van der Waals surface area contributed by atoms with Crippen molar-refractivity contribution >= 4 is 17.2 Å². The van der Waals surface area contributed by atoms with Crippen LogP contribution in [-0.4, -0.2) is 12.5 Å². The van der Waals surface area contributed by atoms with Gasteiger partial charge in [0.15, 0.2) is 0 Å². The molecule has 0 aliphatic heterocycles.